The number of ether oxygens (including phenoxy) is 1. The van der Waals surface area contributed by atoms with Crippen LogP contribution in [-0.4, -0.2) is 47.9 Å². The third kappa shape index (κ3) is 8.55. The van der Waals surface area contributed by atoms with Crippen LogP contribution in [0.1, 0.15) is 19.8 Å². The van der Waals surface area contributed by atoms with Gasteiger partial charge in [0.05, 0.1) is 18.8 Å². The van der Waals surface area contributed by atoms with Crippen LogP contribution in [0, 0.1) is 10.1 Å². The Morgan fingerprint density at radius 1 is 1.47 bits per heavy atom. The van der Waals surface area contributed by atoms with E-state index in [1.165, 1.54) is 6.92 Å². The van der Waals surface area contributed by atoms with Gasteiger partial charge in [-0.1, -0.05) is 0 Å². The van der Waals surface area contributed by atoms with Crippen LogP contribution in [0.15, 0.2) is 0 Å². The summed E-state index contributed by atoms with van der Waals surface area (Å²) in [4.78, 5) is 25.1. The molecule has 0 aromatic heterocycles. The van der Waals surface area contributed by atoms with E-state index >= 15 is 0 Å². The van der Waals surface area contributed by atoms with E-state index in [1.54, 1.807) is 0 Å². The molecule has 2 unspecified atom stereocenters. The second-order valence-electron chi connectivity index (χ2n) is 3.51. The lowest BCUT2D eigenvalue weighted by Crippen LogP contribution is -2.40. The highest BCUT2D eigenvalue weighted by atomic mass is 17.0. The smallest absolute Gasteiger partial charge is 0.294 e. The summed E-state index contributed by atoms with van der Waals surface area (Å²) in [6.45, 7) is 1.71. The van der Waals surface area contributed by atoms with Gasteiger partial charge in [0.1, 0.15) is 6.61 Å². The minimum Gasteiger partial charge on any atom is -0.391 e. The zero-order valence-electron chi connectivity index (χ0n) is 9.70. The third-order valence-corrected chi connectivity index (χ3v) is 2.03. The van der Waals surface area contributed by atoms with Gasteiger partial charge in [-0.2, -0.15) is 0 Å². The molecule has 0 heterocycles. The van der Waals surface area contributed by atoms with Crippen molar-refractivity contribution in [3.05, 3.63) is 10.1 Å². The van der Waals surface area contributed by atoms with E-state index in [9.17, 15) is 14.9 Å². The summed E-state index contributed by atoms with van der Waals surface area (Å²) in [6, 6.07) is -0.868. The van der Waals surface area contributed by atoms with Crippen molar-refractivity contribution in [1.29, 1.82) is 0 Å². The van der Waals surface area contributed by atoms with Crippen LogP contribution in [0.3, 0.4) is 0 Å². The second-order valence-corrected chi connectivity index (χ2v) is 3.51. The summed E-state index contributed by atoms with van der Waals surface area (Å²) in [5, 5.41) is 17.9. The molecular weight excluding hydrogens is 232 g/mol. The van der Waals surface area contributed by atoms with Gasteiger partial charge in [-0.3, -0.25) is 4.79 Å². The molecule has 0 aliphatic carbocycles. The molecule has 0 saturated carbocycles. The van der Waals surface area contributed by atoms with Crippen LogP contribution in [0.2, 0.25) is 0 Å². The van der Waals surface area contributed by atoms with Gasteiger partial charge in [0.15, 0.2) is 5.78 Å². The summed E-state index contributed by atoms with van der Waals surface area (Å²) in [5.74, 6) is -0.231. The molecule has 0 aliphatic rings. The zero-order chi connectivity index (χ0) is 13.3. The Labute approximate surface area is 98.8 Å². The highest BCUT2D eigenvalue weighted by molar-refractivity contribution is 5.84. The van der Waals surface area contributed by atoms with Gasteiger partial charge in [-0.25, -0.2) is 0 Å². The molecule has 8 heteroatoms. The molecule has 100 valence electrons. The van der Waals surface area contributed by atoms with E-state index in [4.69, 9.17) is 15.6 Å². The molecule has 0 aromatic carbocycles. The molecule has 17 heavy (non-hydrogen) atoms. The van der Waals surface area contributed by atoms with Crippen LogP contribution < -0.4 is 5.73 Å². The molecule has 2 atom stereocenters. The lowest BCUT2D eigenvalue weighted by Gasteiger charge is -2.12. The van der Waals surface area contributed by atoms with E-state index < -0.39 is 17.2 Å². The van der Waals surface area contributed by atoms with Crippen molar-refractivity contribution in [3.8, 4) is 0 Å². The normalized spacial score (nSPS) is 14.1. The summed E-state index contributed by atoms with van der Waals surface area (Å²) in [5.41, 5.74) is 5.42. The summed E-state index contributed by atoms with van der Waals surface area (Å²) >= 11 is 0. The molecule has 0 aromatic rings. The molecule has 0 saturated heterocycles. The zero-order valence-corrected chi connectivity index (χ0v) is 9.70. The monoisotopic (exact) mass is 250 g/mol. The number of nitrogens with zero attached hydrogens (tertiary/aromatic N) is 1. The average Bonchev–Trinajstić information content (AvgIpc) is 2.25. The standard InChI is InChI=1S/C9H18N2O6/c1-7(12)9(10)8(13)3-2-4-16-5-6-17-11(14)15/h7,9,12H,2-6,10H2,1H3. The number of hydrogen-bond acceptors (Lipinski definition) is 7. The first kappa shape index (κ1) is 15.8. The van der Waals surface area contributed by atoms with Crippen molar-refractivity contribution in [3.63, 3.8) is 0 Å². The molecule has 0 rings (SSSR count). The summed E-state index contributed by atoms with van der Waals surface area (Å²) in [6.07, 6.45) is -0.197. The maximum absolute atomic E-state index is 11.3. The SMILES string of the molecule is CC(O)C(N)C(=O)CCCOCCO[N+](=O)[O-]. The number of carbonyl (C=O) groups excluding carboxylic acids is 1. The van der Waals surface area contributed by atoms with Gasteiger partial charge >= 0.3 is 0 Å². The average molecular weight is 250 g/mol. The first-order valence-corrected chi connectivity index (χ1v) is 5.26. The number of rotatable bonds is 10. The predicted molar refractivity (Wildman–Crippen MR) is 57.7 cm³/mol. The van der Waals surface area contributed by atoms with E-state index in [-0.39, 0.29) is 25.4 Å². The quantitative estimate of drug-likeness (QED) is 0.297. The second kappa shape index (κ2) is 8.85. The van der Waals surface area contributed by atoms with Gasteiger partial charge in [-0.05, 0) is 13.3 Å². The Kier molecular flexibility index (Phi) is 8.20. The highest BCUT2D eigenvalue weighted by Crippen LogP contribution is 1.99. The van der Waals surface area contributed by atoms with Crippen molar-refractivity contribution in [2.45, 2.75) is 31.9 Å². The van der Waals surface area contributed by atoms with Crippen LogP contribution in [0.25, 0.3) is 0 Å². The lowest BCUT2D eigenvalue weighted by molar-refractivity contribution is -0.758. The fourth-order valence-electron chi connectivity index (χ4n) is 1.06. The Hall–Kier alpha value is -1.25. The van der Waals surface area contributed by atoms with Crippen LogP contribution in [-0.2, 0) is 14.4 Å². The molecule has 0 aliphatic heterocycles. The number of hydrogen-bond donors (Lipinski definition) is 2. The van der Waals surface area contributed by atoms with Gasteiger partial charge in [0, 0.05) is 13.0 Å². The van der Waals surface area contributed by atoms with Gasteiger partial charge < -0.3 is 20.4 Å². The first-order chi connectivity index (χ1) is 7.95. The molecular formula is C9H18N2O6. The van der Waals surface area contributed by atoms with E-state index in [2.05, 4.69) is 4.84 Å². The number of aliphatic hydroxyl groups excluding tert-OH is 1. The van der Waals surface area contributed by atoms with Crippen molar-refractivity contribution in [1.82, 2.24) is 0 Å². The molecule has 3 N–H and O–H groups in total. The van der Waals surface area contributed by atoms with Crippen LogP contribution in [0.5, 0.6) is 0 Å². The Balaban J connectivity index is 3.39. The molecule has 8 nitrogen and oxygen atoms in total. The minimum atomic E-state index is -0.894. The first-order valence-electron chi connectivity index (χ1n) is 5.26. The van der Waals surface area contributed by atoms with Gasteiger partial charge in [0.25, 0.3) is 5.09 Å². The highest BCUT2D eigenvalue weighted by Gasteiger charge is 2.17. The Morgan fingerprint density at radius 3 is 2.65 bits per heavy atom. The molecule has 0 amide bonds. The number of nitrogens with two attached hydrogens (primary N) is 1. The fourth-order valence-corrected chi connectivity index (χ4v) is 1.06. The Bertz CT molecular complexity index is 246. The minimum absolute atomic E-state index is 0.0949. The molecule has 0 bridgehead atoms. The van der Waals surface area contributed by atoms with Gasteiger partial charge in [-0.15, -0.1) is 10.1 Å². The van der Waals surface area contributed by atoms with E-state index in [0.717, 1.165) is 0 Å². The molecule has 0 spiro atoms. The van der Waals surface area contributed by atoms with Crippen molar-refractivity contribution < 1.29 is 24.6 Å². The van der Waals surface area contributed by atoms with E-state index in [1.807, 2.05) is 0 Å². The fraction of sp³-hybridized carbons (Fsp3) is 0.889. The molecule has 0 fully saturated rings. The summed E-state index contributed by atoms with van der Waals surface area (Å²) in [7, 11) is 0. The van der Waals surface area contributed by atoms with E-state index in [0.29, 0.717) is 13.0 Å². The largest absolute Gasteiger partial charge is 0.391 e. The molecule has 0 radical (unpaired) electrons. The number of aliphatic hydroxyl groups is 1. The Morgan fingerprint density at radius 2 is 2.12 bits per heavy atom. The van der Waals surface area contributed by atoms with Crippen LogP contribution >= 0.6 is 0 Å². The predicted octanol–water partition coefficient (Wildman–Crippen LogP) is -0.731. The topological polar surface area (TPSA) is 125 Å². The lowest BCUT2D eigenvalue weighted by atomic mass is 10.1. The summed E-state index contributed by atoms with van der Waals surface area (Å²) < 4.78 is 4.99. The third-order valence-electron chi connectivity index (χ3n) is 2.03. The van der Waals surface area contributed by atoms with Crippen molar-refractivity contribution in [2.24, 2.45) is 5.73 Å². The number of carbonyl (C=O) groups is 1. The van der Waals surface area contributed by atoms with Crippen molar-refractivity contribution in [2.75, 3.05) is 19.8 Å². The number of ketones is 1. The maximum atomic E-state index is 11.3. The van der Waals surface area contributed by atoms with Gasteiger partial charge in [0.2, 0.25) is 0 Å². The number of Topliss-reactive ketones (excluding diaryl/α,β-unsaturated/α-hetero) is 1. The van der Waals surface area contributed by atoms with Crippen LogP contribution in [0.4, 0.5) is 0 Å². The maximum Gasteiger partial charge on any atom is 0.294 e. The van der Waals surface area contributed by atoms with Crippen molar-refractivity contribution >= 4 is 5.78 Å².